The maximum absolute atomic E-state index is 10.9. The van der Waals surface area contributed by atoms with Crippen molar-refractivity contribution in [3.05, 3.63) is 0 Å². The Morgan fingerprint density at radius 3 is 2.38 bits per heavy atom. The van der Waals surface area contributed by atoms with Crippen LogP contribution >= 0.6 is 7.82 Å². The van der Waals surface area contributed by atoms with E-state index in [1.807, 2.05) is 0 Å². The molecule has 16 heavy (non-hydrogen) atoms. The molecule has 0 aliphatic carbocycles. The van der Waals surface area contributed by atoms with Gasteiger partial charge >= 0.3 is 0 Å². The minimum absolute atomic E-state index is 0.670. The van der Waals surface area contributed by atoms with Gasteiger partial charge in [-0.1, -0.05) is 0 Å². The van der Waals surface area contributed by atoms with Gasteiger partial charge in [-0.2, -0.15) is 0 Å². The number of carbonyl (C=O) groups is 1. The molecular weight excluding hydrogens is 245 g/mol. The van der Waals surface area contributed by atoms with Crippen LogP contribution in [0.15, 0.2) is 0 Å². The number of carboxylic acids is 1. The van der Waals surface area contributed by atoms with Gasteiger partial charge in [-0.3, -0.25) is 4.57 Å². The first-order chi connectivity index (χ1) is 7.28. The van der Waals surface area contributed by atoms with Crippen LogP contribution in [0.5, 0.6) is 0 Å². The molecule has 9 nitrogen and oxygen atoms in total. The van der Waals surface area contributed by atoms with Crippen molar-refractivity contribution in [1.82, 2.24) is 0 Å². The number of rotatable bonds is 8. The highest BCUT2D eigenvalue weighted by Gasteiger charge is 2.16. The molecule has 0 bridgehead atoms. The second-order valence-corrected chi connectivity index (χ2v) is 4.30. The largest absolute Gasteiger partial charge is 0.756 e. The predicted molar refractivity (Wildman–Crippen MR) is 44.3 cm³/mol. The first-order valence-corrected chi connectivity index (χ1v) is 5.67. The Morgan fingerprint density at radius 2 is 1.94 bits per heavy atom. The maximum atomic E-state index is 10.9. The van der Waals surface area contributed by atoms with Crippen LogP contribution in [-0.2, 0) is 18.4 Å². The number of aliphatic hydroxyl groups is 2. The average molecular weight is 258 g/mol. The fourth-order valence-electron chi connectivity index (χ4n) is 0.517. The highest BCUT2D eigenvalue weighted by molar-refractivity contribution is 7.45. The van der Waals surface area contributed by atoms with E-state index in [1.54, 1.807) is 0 Å². The van der Waals surface area contributed by atoms with E-state index < -0.39 is 45.8 Å². The third-order valence-electron chi connectivity index (χ3n) is 1.40. The predicted octanol–water partition coefficient (Wildman–Crippen LogP) is -4.80. The molecule has 0 spiro atoms. The second kappa shape index (κ2) is 6.92. The Balaban J connectivity index is 3.96. The van der Waals surface area contributed by atoms with Crippen LogP contribution in [0.3, 0.4) is 0 Å². The number of hydrogen-bond acceptors (Lipinski definition) is 8. The molecule has 0 radical (unpaired) electrons. The summed E-state index contributed by atoms with van der Waals surface area (Å²) in [5.41, 5.74) is 3.06. The van der Waals surface area contributed by atoms with Crippen LogP contribution in [0, 0.1) is 0 Å². The lowest BCUT2D eigenvalue weighted by molar-refractivity contribution is -0.441. The van der Waals surface area contributed by atoms with E-state index in [1.165, 1.54) is 0 Å². The van der Waals surface area contributed by atoms with Crippen molar-refractivity contribution >= 4 is 13.8 Å². The topological polar surface area (TPSA) is 167 Å². The molecule has 0 heterocycles. The first-order valence-electron chi connectivity index (χ1n) is 4.21. The zero-order valence-electron chi connectivity index (χ0n) is 8.27. The lowest BCUT2D eigenvalue weighted by atomic mass is 10.3. The molecule has 0 fully saturated rings. The second-order valence-electron chi connectivity index (χ2n) is 2.89. The summed E-state index contributed by atoms with van der Waals surface area (Å²) in [6.07, 6.45) is -1.36. The Hall–Kier alpha value is -0.540. The molecule has 0 amide bonds. The molecule has 0 aromatic carbocycles. The third kappa shape index (κ3) is 6.85. The fraction of sp³-hybridized carbons (Fsp3) is 0.833. The van der Waals surface area contributed by atoms with Crippen molar-refractivity contribution in [2.75, 3.05) is 19.8 Å². The van der Waals surface area contributed by atoms with Crippen LogP contribution in [0.2, 0.25) is 0 Å². The summed E-state index contributed by atoms with van der Waals surface area (Å²) in [6, 6.07) is -1.35. The van der Waals surface area contributed by atoms with E-state index in [0.717, 1.165) is 0 Å². The smallest absolute Gasteiger partial charge is 0.268 e. The van der Waals surface area contributed by atoms with E-state index in [0.29, 0.717) is 0 Å². The Kier molecular flexibility index (Phi) is 6.68. The third-order valence-corrected chi connectivity index (χ3v) is 2.33. The number of phosphoric acid groups is 1. The van der Waals surface area contributed by atoms with Gasteiger partial charge in [-0.15, -0.1) is 0 Å². The normalized spacial score (nSPS) is 18.8. The zero-order chi connectivity index (χ0) is 12.8. The monoisotopic (exact) mass is 258 g/mol. The van der Waals surface area contributed by atoms with Crippen molar-refractivity contribution in [2.24, 2.45) is 0 Å². The van der Waals surface area contributed by atoms with Gasteiger partial charge in [0.2, 0.25) is 0 Å². The van der Waals surface area contributed by atoms with Crippen molar-refractivity contribution in [3.8, 4) is 0 Å². The van der Waals surface area contributed by atoms with E-state index in [-0.39, 0.29) is 0 Å². The van der Waals surface area contributed by atoms with Crippen molar-refractivity contribution in [2.45, 2.75) is 12.1 Å². The summed E-state index contributed by atoms with van der Waals surface area (Å²) in [7, 11) is -4.71. The summed E-state index contributed by atoms with van der Waals surface area (Å²) in [4.78, 5) is 21.1. The van der Waals surface area contributed by atoms with Crippen molar-refractivity contribution in [3.63, 3.8) is 0 Å². The summed E-state index contributed by atoms with van der Waals surface area (Å²) in [5, 5.41) is 27.3. The molecule has 0 aromatic rings. The molecule has 0 aliphatic rings. The molecular formula is C6H13NO8P-. The fourth-order valence-corrected chi connectivity index (χ4v) is 1.31. The Labute approximate surface area is 91.0 Å². The van der Waals surface area contributed by atoms with Crippen LogP contribution in [0.1, 0.15) is 0 Å². The van der Waals surface area contributed by atoms with Crippen molar-refractivity contribution in [1.29, 1.82) is 0 Å². The van der Waals surface area contributed by atoms with Gasteiger partial charge in [0.05, 0.1) is 13.2 Å². The molecule has 0 saturated heterocycles. The van der Waals surface area contributed by atoms with E-state index in [2.05, 4.69) is 14.8 Å². The number of aliphatic carboxylic acids is 1. The molecule has 10 heteroatoms. The molecule has 0 aromatic heterocycles. The minimum atomic E-state index is -4.71. The zero-order valence-corrected chi connectivity index (χ0v) is 9.17. The minimum Gasteiger partial charge on any atom is -0.756 e. The number of carboxylic acid groups (broad SMARTS) is 1. The van der Waals surface area contributed by atoms with Gasteiger partial charge in [0.1, 0.15) is 24.7 Å². The average Bonchev–Trinajstić information content (AvgIpc) is 2.22. The van der Waals surface area contributed by atoms with Gasteiger partial charge in [0.25, 0.3) is 7.82 Å². The summed E-state index contributed by atoms with van der Waals surface area (Å²) in [5.74, 6) is -1.56. The van der Waals surface area contributed by atoms with Gasteiger partial charge in [-0.25, -0.2) is 0 Å². The molecule has 0 aliphatic heterocycles. The SMILES string of the molecule is [NH3+][C@@H](COP(=O)([O-])OCC(O)CO)C(=O)[O-]. The number of carbonyl (C=O) groups excluding carboxylic acids is 1. The van der Waals surface area contributed by atoms with E-state index in [9.17, 15) is 19.4 Å². The quantitative estimate of drug-likeness (QED) is 0.364. The number of phosphoric ester groups is 1. The van der Waals surface area contributed by atoms with Crippen LogP contribution in [0.25, 0.3) is 0 Å². The molecule has 2 unspecified atom stereocenters. The molecule has 0 saturated carbocycles. The number of hydrogen-bond donors (Lipinski definition) is 3. The van der Waals surface area contributed by atoms with Gasteiger partial charge in [-0.05, 0) is 0 Å². The lowest BCUT2D eigenvalue weighted by Crippen LogP contribution is -2.70. The standard InChI is InChI=1S/C6H14NO8P/c7-5(6(10)11)3-15-16(12,13)14-2-4(9)1-8/h4-5,8-9H,1-3,7H2,(H,10,11)(H,12,13)/p-1/t4?,5-/m0/s1. The highest BCUT2D eigenvalue weighted by atomic mass is 31.2. The summed E-state index contributed by atoms with van der Waals surface area (Å²) < 4.78 is 19.2. The molecule has 96 valence electrons. The maximum Gasteiger partial charge on any atom is 0.268 e. The highest BCUT2D eigenvalue weighted by Crippen LogP contribution is 2.38. The number of aliphatic hydroxyl groups excluding tert-OH is 2. The molecule has 5 N–H and O–H groups in total. The lowest BCUT2D eigenvalue weighted by Gasteiger charge is -2.24. The summed E-state index contributed by atoms with van der Waals surface area (Å²) in [6.45, 7) is -2.07. The van der Waals surface area contributed by atoms with Crippen LogP contribution in [-0.4, -0.2) is 48.1 Å². The Morgan fingerprint density at radius 1 is 1.44 bits per heavy atom. The van der Waals surface area contributed by atoms with Crippen LogP contribution in [0.4, 0.5) is 0 Å². The molecule has 3 atom stereocenters. The van der Waals surface area contributed by atoms with Crippen molar-refractivity contribution < 1.29 is 44.4 Å². The van der Waals surface area contributed by atoms with E-state index in [4.69, 9.17) is 10.2 Å². The van der Waals surface area contributed by atoms with E-state index >= 15 is 0 Å². The van der Waals surface area contributed by atoms with Gasteiger partial charge < -0.3 is 39.8 Å². The van der Waals surface area contributed by atoms with Crippen LogP contribution < -0.4 is 15.7 Å². The molecule has 0 rings (SSSR count). The first kappa shape index (κ1) is 15.5. The summed E-state index contributed by atoms with van der Waals surface area (Å²) >= 11 is 0. The van der Waals surface area contributed by atoms with Gasteiger partial charge in [0.15, 0.2) is 0 Å². The Bertz CT molecular complexity index is 271. The van der Waals surface area contributed by atoms with Gasteiger partial charge in [0, 0.05) is 0 Å². The number of quaternary nitrogens is 1.